The fraction of sp³-hybridized carbons (Fsp3) is 0.269. The number of benzene rings is 2. The number of hydrogen-bond acceptors (Lipinski definition) is 6. The molecule has 4 N–H and O–H groups in total. The van der Waals surface area contributed by atoms with E-state index in [2.05, 4.69) is 20.6 Å². The number of methoxy groups -OCH3 is 1. The lowest BCUT2D eigenvalue weighted by Crippen LogP contribution is -2.26. The molecule has 0 aliphatic carbocycles. The highest BCUT2D eigenvalue weighted by atomic mass is 19.2. The second-order valence-electron chi connectivity index (χ2n) is 8.16. The number of amides is 1. The van der Waals surface area contributed by atoms with Gasteiger partial charge in [0.05, 0.1) is 19.0 Å². The van der Waals surface area contributed by atoms with Crippen LogP contribution >= 0.6 is 0 Å². The molecule has 2 aromatic heterocycles. The summed E-state index contributed by atoms with van der Waals surface area (Å²) >= 11 is 0. The summed E-state index contributed by atoms with van der Waals surface area (Å²) < 4.78 is 35.5. The first-order valence-electron chi connectivity index (χ1n) is 11.7. The van der Waals surface area contributed by atoms with Crippen molar-refractivity contribution in [3.63, 3.8) is 0 Å². The number of anilines is 2. The highest BCUT2D eigenvalue weighted by Gasteiger charge is 2.19. The van der Waals surface area contributed by atoms with Gasteiger partial charge >= 0.3 is 0 Å². The van der Waals surface area contributed by atoms with Crippen LogP contribution in [0, 0.1) is 11.6 Å². The third-order valence-electron chi connectivity index (χ3n) is 5.88. The van der Waals surface area contributed by atoms with Gasteiger partial charge in [-0.05, 0) is 61.7 Å². The van der Waals surface area contributed by atoms with Crippen LogP contribution in [0.4, 0.5) is 20.3 Å². The van der Waals surface area contributed by atoms with E-state index in [1.54, 1.807) is 28.9 Å². The number of carbonyl (C=O) groups excluding carboxylic acids is 1. The molecule has 2 heterocycles. The van der Waals surface area contributed by atoms with Crippen LogP contribution in [0.3, 0.4) is 0 Å². The van der Waals surface area contributed by atoms with Crippen molar-refractivity contribution >= 4 is 23.1 Å². The van der Waals surface area contributed by atoms with E-state index < -0.39 is 11.6 Å². The Balaban J connectivity index is 1.61. The second kappa shape index (κ2) is 11.1. The van der Waals surface area contributed by atoms with Crippen LogP contribution in [0.25, 0.3) is 16.9 Å². The van der Waals surface area contributed by atoms with E-state index in [-0.39, 0.29) is 17.2 Å². The molecule has 0 saturated heterocycles. The van der Waals surface area contributed by atoms with E-state index in [0.29, 0.717) is 42.2 Å². The highest BCUT2D eigenvalue weighted by molar-refractivity contribution is 5.96. The van der Waals surface area contributed by atoms with E-state index in [0.717, 1.165) is 24.1 Å². The zero-order chi connectivity index (χ0) is 25.7. The van der Waals surface area contributed by atoms with E-state index in [4.69, 9.17) is 10.5 Å². The number of aryl methyl sites for hydroxylation is 1. The molecule has 0 unspecified atom stereocenters. The lowest BCUT2D eigenvalue weighted by atomic mass is 10.0. The summed E-state index contributed by atoms with van der Waals surface area (Å²) in [6, 6.07) is 8.27. The first-order chi connectivity index (χ1) is 17.5. The fourth-order valence-electron chi connectivity index (χ4n) is 3.98. The third-order valence-corrected chi connectivity index (χ3v) is 5.88. The predicted octanol–water partition coefficient (Wildman–Crippen LogP) is 4.46. The molecule has 0 spiro atoms. The van der Waals surface area contributed by atoms with Gasteiger partial charge in [0.1, 0.15) is 0 Å². The molecular formula is C26H28F2N6O2. The van der Waals surface area contributed by atoms with Gasteiger partial charge in [-0.25, -0.2) is 14.4 Å². The molecule has 0 radical (unpaired) electrons. The maximum atomic E-state index is 14.7. The minimum Gasteiger partial charge on any atom is -0.494 e. The van der Waals surface area contributed by atoms with E-state index in [9.17, 15) is 13.6 Å². The Morgan fingerprint density at radius 2 is 1.97 bits per heavy atom. The Morgan fingerprint density at radius 1 is 1.14 bits per heavy atom. The number of aromatic nitrogens is 3. The Morgan fingerprint density at radius 3 is 2.72 bits per heavy atom. The van der Waals surface area contributed by atoms with Crippen molar-refractivity contribution < 1.29 is 18.3 Å². The molecule has 0 atom stereocenters. The minimum absolute atomic E-state index is 0.0491. The summed E-state index contributed by atoms with van der Waals surface area (Å²) in [5, 5.41) is 6.16. The SMILES string of the molecule is CCc1cc(Nc2nccn3c(-c4ccc(OC)c(F)c4F)cnc23)ccc1C(=O)NCCCCN. The van der Waals surface area contributed by atoms with Gasteiger partial charge < -0.3 is 21.1 Å². The van der Waals surface area contributed by atoms with Gasteiger partial charge in [0.2, 0.25) is 5.82 Å². The normalized spacial score (nSPS) is 11.0. The maximum Gasteiger partial charge on any atom is 0.251 e. The standard InChI is InChI=1S/C26H28F2N6O2/c1-3-16-14-17(6-7-18(16)26(35)31-11-5-4-10-29)33-24-25-32-15-20(34(25)13-12-30-24)19-8-9-21(36-2)23(28)22(19)27/h6-9,12-15H,3-5,10-11,29H2,1-2H3,(H,30,33)(H,31,35). The van der Waals surface area contributed by atoms with Crippen LogP contribution in [0.15, 0.2) is 48.9 Å². The van der Waals surface area contributed by atoms with Crippen LogP contribution in [0.5, 0.6) is 5.75 Å². The van der Waals surface area contributed by atoms with E-state index in [1.165, 1.54) is 25.4 Å². The van der Waals surface area contributed by atoms with Gasteiger partial charge in [-0.3, -0.25) is 9.20 Å². The van der Waals surface area contributed by atoms with Gasteiger partial charge in [0, 0.05) is 35.8 Å². The monoisotopic (exact) mass is 494 g/mol. The van der Waals surface area contributed by atoms with Crippen molar-refractivity contribution in [2.45, 2.75) is 26.2 Å². The van der Waals surface area contributed by atoms with Crippen molar-refractivity contribution in [2.24, 2.45) is 5.73 Å². The summed E-state index contributed by atoms with van der Waals surface area (Å²) in [5.74, 6) is -1.95. The summed E-state index contributed by atoms with van der Waals surface area (Å²) in [4.78, 5) is 21.4. The molecule has 4 aromatic rings. The van der Waals surface area contributed by atoms with Gasteiger partial charge in [-0.15, -0.1) is 0 Å². The molecule has 8 nitrogen and oxygen atoms in total. The molecule has 0 aliphatic heterocycles. The number of imidazole rings is 1. The number of fused-ring (bicyclic) bond motifs is 1. The third kappa shape index (κ3) is 4.99. The zero-order valence-corrected chi connectivity index (χ0v) is 20.1. The quantitative estimate of drug-likeness (QED) is 0.281. The van der Waals surface area contributed by atoms with Gasteiger partial charge in [0.25, 0.3) is 5.91 Å². The summed E-state index contributed by atoms with van der Waals surface area (Å²) in [6.07, 6.45) is 6.98. The summed E-state index contributed by atoms with van der Waals surface area (Å²) in [6.45, 7) is 3.15. The molecule has 1 amide bonds. The fourth-order valence-corrected chi connectivity index (χ4v) is 3.98. The topological polar surface area (TPSA) is 107 Å². The number of ether oxygens (including phenoxy) is 1. The number of hydrogen-bond donors (Lipinski definition) is 3. The summed E-state index contributed by atoms with van der Waals surface area (Å²) in [5.41, 5.74) is 8.56. The number of halogens is 2. The summed E-state index contributed by atoms with van der Waals surface area (Å²) in [7, 11) is 1.28. The molecule has 188 valence electrons. The van der Waals surface area contributed by atoms with Crippen LogP contribution in [-0.4, -0.2) is 40.5 Å². The number of nitrogens with zero attached hydrogens (tertiary/aromatic N) is 3. The van der Waals surface area contributed by atoms with Gasteiger partial charge in [-0.2, -0.15) is 4.39 Å². The molecule has 2 aromatic carbocycles. The van der Waals surface area contributed by atoms with Crippen molar-refractivity contribution in [2.75, 3.05) is 25.5 Å². The van der Waals surface area contributed by atoms with Crippen LogP contribution in [0.1, 0.15) is 35.7 Å². The average Bonchev–Trinajstić information content (AvgIpc) is 3.33. The molecule has 36 heavy (non-hydrogen) atoms. The van der Waals surface area contributed by atoms with Crippen molar-refractivity contribution in [1.29, 1.82) is 0 Å². The van der Waals surface area contributed by atoms with Crippen LogP contribution < -0.4 is 21.1 Å². The van der Waals surface area contributed by atoms with Crippen molar-refractivity contribution in [3.8, 4) is 17.0 Å². The lowest BCUT2D eigenvalue weighted by Gasteiger charge is -2.13. The van der Waals surface area contributed by atoms with Crippen molar-refractivity contribution in [1.82, 2.24) is 19.7 Å². The molecule has 10 heteroatoms. The average molecular weight is 495 g/mol. The maximum absolute atomic E-state index is 14.7. The molecule has 0 saturated carbocycles. The molecule has 0 bridgehead atoms. The first-order valence-corrected chi connectivity index (χ1v) is 11.7. The molecular weight excluding hydrogens is 466 g/mol. The number of nitrogens with two attached hydrogens (primary N) is 1. The Hall–Kier alpha value is -4.05. The van der Waals surface area contributed by atoms with Gasteiger partial charge in [-0.1, -0.05) is 6.92 Å². The molecule has 0 aliphatic rings. The van der Waals surface area contributed by atoms with Crippen LogP contribution in [-0.2, 0) is 6.42 Å². The zero-order valence-electron chi connectivity index (χ0n) is 20.1. The molecule has 0 fully saturated rings. The van der Waals surface area contributed by atoms with Gasteiger partial charge in [0.15, 0.2) is 23.0 Å². The Labute approximate surface area is 207 Å². The second-order valence-corrected chi connectivity index (χ2v) is 8.16. The van der Waals surface area contributed by atoms with E-state index >= 15 is 0 Å². The van der Waals surface area contributed by atoms with Crippen LogP contribution in [0.2, 0.25) is 0 Å². The smallest absolute Gasteiger partial charge is 0.251 e. The van der Waals surface area contributed by atoms with Crippen molar-refractivity contribution in [3.05, 3.63) is 71.7 Å². The minimum atomic E-state index is -1.06. The van der Waals surface area contributed by atoms with E-state index in [1.807, 2.05) is 13.0 Å². The molecule has 4 rings (SSSR count). The lowest BCUT2D eigenvalue weighted by molar-refractivity contribution is 0.0952. The number of rotatable bonds is 10. The largest absolute Gasteiger partial charge is 0.494 e. The number of nitrogens with one attached hydrogen (secondary N) is 2. The number of carbonyl (C=O) groups is 1. The Bertz CT molecular complexity index is 1390. The highest BCUT2D eigenvalue weighted by Crippen LogP contribution is 2.31. The first kappa shape index (κ1) is 25.1. The Kier molecular flexibility index (Phi) is 7.74. The predicted molar refractivity (Wildman–Crippen MR) is 135 cm³/mol. The number of unbranched alkanes of at least 4 members (excludes halogenated alkanes) is 1.